The van der Waals surface area contributed by atoms with Crippen molar-refractivity contribution in [2.75, 3.05) is 11.4 Å². The minimum Gasteiger partial charge on any atom is -0.370 e. The van der Waals surface area contributed by atoms with E-state index in [-0.39, 0.29) is 18.2 Å². The molecule has 1 saturated heterocycles. The molecule has 1 aliphatic rings. The van der Waals surface area contributed by atoms with Gasteiger partial charge >= 0.3 is 0 Å². The van der Waals surface area contributed by atoms with E-state index in [1.54, 1.807) is 4.90 Å². The Bertz CT molecular complexity index is 510. The van der Waals surface area contributed by atoms with Crippen LogP contribution in [0.4, 0.5) is 5.69 Å². The average molecular weight is 260 g/mol. The predicted octanol–water partition coefficient (Wildman–Crippen LogP) is 0.208. The molecule has 0 saturated carbocycles. The van der Waals surface area contributed by atoms with E-state index >= 15 is 0 Å². The van der Waals surface area contributed by atoms with Crippen LogP contribution >= 0.6 is 0 Å². The van der Waals surface area contributed by atoms with Gasteiger partial charge in [0, 0.05) is 24.6 Å². The zero-order chi connectivity index (χ0) is 13.8. The number of anilines is 1. The molecule has 1 atom stereocenters. The van der Waals surface area contributed by atoms with Gasteiger partial charge in [-0.3, -0.25) is 9.59 Å². The number of amides is 2. The Balaban J connectivity index is 2.10. The van der Waals surface area contributed by atoms with Gasteiger partial charge in [-0.05, 0) is 24.1 Å². The summed E-state index contributed by atoms with van der Waals surface area (Å²) in [6, 6.07) is 7.34. The fraction of sp³-hybridized carbons (Fsp3) is 0.308. The van der Waals surface area contributed by atoms with Gasteiger partial charge in [-0.2, -0.15) is 5.10 Å². The molecule has 6 heteroatoms. The number of primary amides is 1. The van der Waals surface area contributed by atoms with Crippen LogP contribution in [0.1, 0.15) is 18.4 Å². The number of benzene rings is 1. The number of carbonyl (C=O) groups excluding carboxylic acids is 2. The zero-order valence-corrected chi connectivity index (χ0v) is 10.5. The monoisotopic (exact) mass is 260 g/mol. The molecule has 1 unspecified atom stereocenters. The number of rotatable bonds is 4. The lowest BCUT2D eigenvalue weighted by molar-refractivity contribution is -0.125. The highest BCUT2D eigenvalue weighted by Gasteiger charge is 2.33. The predicted molar refractivity (Wildman–Crippen MR) is 72.5 cm³/mol. The molecule has 0 bridgehead atoms. The minimum atomic E-state index is -0.435. The quantitative estimate of drug-likeness (QED) is 0.459. The standard InChI is InChI=1S/C13H16N4O2/c14-12(18)7-10-5-6-17(13(10)19)11-3-1-9(2-4-11)8-16-15/h1-4,8,10H,5-7,15H2,(H2,14,18). The van der Waals surface area contributed by atoms with Gasteiger partial charge in [0.25, 0.3) is 0 Å². The van der Waals surface area contributed by atoms with Gasteiger partial charge in [0.2, 0.25) is 11.8 Å². The van der Waals surface area contributed by atoms with E-state index in [2.05, 4.69) is 5.10 Å². The fourth-order valence-corrected chi connectivity index (χ4v) is 2.25. The number of hydrogen-bond acceptors (Lipinski definition) is 4. The molecule has 1 aromatic carbocycles. The third-order valence-electron chi connectivity index (χ3n) is 3.19. The number of hydrazone groups is 1. The highest BCUT2D eigenvalue weighted by atomic mass is 16.2. The molecule has 0 aliphatic carbocycles. The van der Waals surface area contributed by atoms with E-state index in [1.165, 1.54) is 6.21 Å². The molecule has 1 aromatic rings. The lowest BCUT2D eigenvalue weighted by Gasteiger charge is -2.16. The van der Waals surface area contributed by atoms with Crippen LogP contribution in [-0.2, 0) is 9.59 Å². The first-order valence-corrected chi connectivity index (χ1v) is 6.05. The van der Waals surface area contributed by atoms with Crippen molar-refractivity contribution in [3.63, 3.8) is 0 Å². The van der Waals surface area contributed by atoms with Gasteiger partial charge in [-0.1, -0.05) is 12.1 Å². The average Bonchev–Trinajstić information content (AvgIpc) is 2.72. The van der Waals surface area contributed by atoms with Crippen LogP contribution in [0, 0.1) is 5.92 Å². The van der Waals surface area contributed by atoms with E-state index in [9.17, 15) is 9.59 Å². The van der Waals surface area contributed by atoms with Gasteiger partial charge < -0.3 is 16.5 Å². The summed E-state index contributed by atoms with van der Waals surface area (Å²) < 4.78 is 0. The second-order valence-electron chi connectivity index (χ2n) is 4.52. The summed E-state index contributed by atoms with van der Waals surface area (Å²) >= 11 is 0. The summed E-state index contributed by atoms with van der Waals surface area (Å²) in [5.41, 5.74) is 6.81. The van der Waals surface area contributed by atoms with Gasteiger partial charge in [-0.25, -0.2) is 0 Å². The van der Waals surface area contributed by atoms with E-state index < -0.39 is 5.91 Å². The van der Waals surface area contributed by atoms with Crippen molar-refractivity contribution < 1.29 is 9.59 Å². The molecule has 1 fully saturated rings. The van der Waals surface area contributed by atoms with Crippen molar-refractivity contribution in [3.05, 3.63) is 29.8 Å². The molecule has 0 spiro atoms. The third kappa shape index (κ3) is 2.90. The minimum absolute atomic E-state index is 0.0426. The summed E-state index contributed by atoms with van der Waals surface area (Å²) in [6.07, 6.45) is 2.31. The molecule has 2 amide bonds. The molecule has 2 rings (SSSR count). The maximum absolute atomic E-state index is 12.1. The van der Waals surface area contributed by atoms with Gasteiger partial charge in [0.05, 0.1) is 6.21 Å². The Labute approximate surface area is 111 Å². The van der Waals surface area contributed by atoms with Crippen molar-refractivity contribution in [3.8, 4) is 0 Å². The van der Waals surface area contributed by atoms with Crippen molar-refractivity contribution in [1.82, 2.24) is 0 Å². The van der Waals surface area contributed by atoms with E-state index in [4.69, 9.17) is 11.6 Å². The highest BCUT2D eigenvalue weighted by molar-refractivity contribution is 5.99. The van der Waals surface area contributed by atoms with Crippen LogP contribution in [0.2, 0.25) is 0 Å². The Hall–Kier alpha value is -2.37. The molecular formula is C13H16N4O2. The fourth-order valence-electron chi connectivity index (χ4n) is 2.25. The first kappa shape index (κ1) is 13.1. The molecule has 19 heavy (non-hydrogen) atoms. The Morgan fingerprint density at radius 1 is 1.42 bits per heavy atom. The number of nitrogens with two attached hydrogens (primary N) is 2. The van der Waals surface area contributed by atoms with Crippen molar-refractivity contribution in [1.29, 1.82) is 0 Å². The highest BCUT2D eigenvalue weighted by Crippen LogP contribution is 2.27. The summed E-state index contributed by atoms with van der Waals surface area (Å²) in [5.74, 6) is 4.30. The smallest absolute Gasteiger partial charge is 0.230 e. The summed E-state index contributed by atoms with van der Waals surface area (Å²) in [6.45, 7) is 0.612. The molecular weight excluding hydrogens is 244 g/mol. The van der Waals surface area contributed by atoms with Crippen LogP contribution in [0.25, 0.3) is 0 Å². The Morgan fingerprint density at radius 2 is 2.11 bits per heavy atom. The number of carbonyl (C=O) groups is 2. The van der Waals surface area contributed by atoms with Crippen molar-refractivity contribution in [2.24, 2.45) is 22.6 Å². The van der Waals surface area contributed by atoms with E-state index in [1.807, 2.05) is 24.3 Å². The maximum atomic E-state index is 12.1. The largest absolute Gasteiger partial charge is 0.370 e. The zero-order valence-electron chi connectivity index (χ0n) is 10.5. The van der Waals surface area contributed by atoms with Crippen LogP contribution in [0.15, 0.2) is 29.4 Å². The van der Waals surface area contributed by atoms with Crippen molar-refractivity contribution >= 4 is 23.7 Å². The molecule has 6 nitrogen and oxygen atoms in total. The Kier molecular flexibility index (Phi) is 3.79. The second-order valence-corrected chi connectivity index (χ2v) is 4.52. The Morgan fingerprint density at radius 3 is 2.68 bits per heavy atom. The van der Waals surface area contributed by atoms with Crippen LogP contribution in [0.3, 0.4) is 0 Å². The number of nitrogens with zero attached hydrogens (tertiary/aromatic N) is 2. The topological polar surface area (TPSA) is 102 Å². The van der Waals surface area contributed by atoms with Gasteiger partial charge in [-0.15, -0.1) is 0 Å². The summed E-state index contributed by atoms with van der Waals surface area (Å²) in [4.78, 5) is 24.7. The van der Waals surface area contributed by atoms with Gasteiger partial charge in [0.15, 0.2) is 0 Å². The third-order valence-corrected chi connectivity index (χ3v) is 3.19. The summed E-state index contributed by atoms with van der Waals surface area (Å²) in [5, 5.41) is 3.44. The molecule has 0 radical (unpaired) electrons. The molecule has 1 aliphatic heterocycles. The molecule has 1 heterocycles. The van der Waals surface area contributed by atoms with Crippen LogP contribution in [-0.4, -0.2) is 24.6 Å². The van der Waals surface area contributed by atoms with Crippen LogP contribution < -0.4 is 16.5 Å². The maximum Gasteiger partial charge on any atom is 0.230 e. The summed E-state index contributed by atoms with van der Waals surface area (Å²) in [7, 11) is 0. The second kappa shape index (κ2) is 5.51. The number of hydrogen-bond donors (Lipinski definition) is 2. The van der Waals surface area contributed by atoms with E-state index in [0.29, 0.717) is 13.0 Å². The first-order valence-electron chi connectivity index (χ1n) is 6.05. The lowest BCUT2D eigenvalue weighted by atomic mass is 10.0. The lowest BCUT2D eigenvalue weighted by Crippen LogP contribution is -2.28. The normalized spacial score (nSPS) is 19.3. The molecule has 4 N–H and O–H groups in total. The molecule has 100 valence electrons. The van der Waals surface area contributed by atoms with Crippen LogP contribution in [0.5, 0.6) is 0 Å². The molecule has 0 aromatic heterocycles. The van der Waals surface area contributed by atoms with Crippen molar-refractivity contribution in [2.45, 2.75) is 12.8 Å². The SMILES string of the molecule is NN=Cc1ccc(N2CCC(CC(N)=O)C2=O)cc1. The van der Waals surface area contributed by atoms with Gasteiger partial charge in [0.1, 0.15) is 0 Å². The van der Waals surface area contributed by atoms with E-state index in [0.717, 1.165) is 11.3 Å². The first-order chi connectivity index (χ1) is 9.11.